The predicted molar refractivity (Wildman–Crippen MR) is 93.9 cm³/mol. The summed E-state index contributed by atoms with van der Waals surface area (Å²) in [6, 6.07) is 12.0. The molecule has 0 aromatic heterocycles. The third-order valence-corrected chi connectivity index (χ3v) is 3.86. The Hall–Kier alpha value is -2.83. The van der Waals surface area contributed by atoms with Crippen LogP contribution in [0.3, 0.4) is 0 Å². The number of para-hydroxylation sites is 2. The van der Waals surface area contributed by atoms with E-state index in [1.165, 1.54) is 30.0 Å². The topological polar surface area (TPSA) is 49.4 Å². The predicted octanol–water partition coefficient (Wildman–Crippen LogP) is 4.40. The molecule has 0 saturated carbocycles. The molecule has 0 atom stereocenters. The van der Waals surface area contributed by atoms with Gasteiger partial charge >= 0.3 is 6.18 Å². The molecule has 7 heteroatoms. The summed E-state index contributed by atoms with van der Waals surface area (Å²) in [7, 11) is 0. The lowest BCUT2D eigenvalue weighted by molar-refractivity contribution is -0.137. The molecule has 0 radical (unpaired) electrons. The molecule has 0 unspecified atom stereocenters. The van der Waals surface area contributed by atoms with Crippen LogP contribution >= 0.6 is 0 Å². The maximum atomic E-state index is 13.0. The Labute approximate surface area is 149 Å². The average molecular weight is 364 g/mol. The first-order chi connectivity index (χ1) is 12.2. The standard InChI is InChI=1S/C19H19F3N2O2/c1-13-7-3-6-10-17(13)24(14(2)25)12-11-18(26)23-16-9-5-4-8-15(16)19(20,21)22/h3-10H,11-12H2,1-2H3,(H,23,26). The second kappa shape index (κ2) is 8.03. The monoisotopic (exact) mass is 364 g/mol. The summed E-state index contributed by atoms with van der Waals surface area (Å²) in [5, 5.41) is 2.28. The fourth-order valence-electron chi connectivity index (χ4n) is 2.58. The molecule has 2 rings (SSSR count). The molecule has 138 valence electrons. The molecule has 4 nitrogen and oxygen atoms in total. The van der Waals surface area contributed by atoms with Gasteiger partial charge in [-0.25, -0.2) is 0 Å². The molecule has 0 saturated heterocycles. The lowest BCUT2D eigenvalue weighted by Crippen LogP contribution is -2.32. The minimum absolute atomic E-state index is 0.0696. The second-order valence-corrected chi connectivity index (χ2v) is 5.80. The third kappa shape index (κ3) is 4.84. The SMILES string of the molecule is CC(=O)N(CCC(=O)Nc1ccccc1C(F)(F)F)c1ccccc1C. The number of amides is 2. The summed E-state index contributed by atoms with van der Waals surface area (Å²) >= 11 is 0. The van der Waals surface area contributed by atoms with Crippen LogP contribution in [-0.4, -0.2) is 18.4 Å². The van der Waals surface area contributed by atoms with Gasteiger partial charge < -0.3 is 10.2 Å². The molecular formula is C19H19F3N2O2. The molecule has 1 N–H and O–H groups in total. The molecule has 2 amide bonds. The molecule has 0 spiro atoms. The molecule has 0 aliphatic heterocycles. The van der Waals surface area contributed by atoms with Crippen molar-refractivity contribution in [3.63, 3.8) is 0 Å². The number of anilines is 2. The number of carbonyl (C=O) groups is 2. The van der Waals surface area contributed by atoms with Gasteiger partial charge in [0.1, 0.15) is 0 Å². The number of halogens is 3. The Balaban J connectivity index is 2.09. The van der Waals surface area contributed by atoms with Crippen molar-refractivity contribution >= 4 is 23.2 Å². The molecule has 2 aromatic rings. The van der Waals surface area contributed by atoms with Gasteiger partial charge in [-0.1, -0.05) is 30.3 Å². The maximum absolute atomic E-state index is 13.0. The number of nitrogens with zero attached hydrogens (tertiary/aromatic N) is 1. The van der Waals surface area contributed by atoms with E-state index in [-0.39, 0.29) is 24.6 Å². The number of nitrogens with one attached hydrogen (secondary N) is 1. The van der Waals surface area contributed by atoms with Gasteiger partial charge in [-0.3, -0.25) is 9.59 Å². The first-order valence-electron chi connectivity index (χ1n) is 8.00. The number of hydrogen-bond acceptors (Lipinski definition) is 2. The van der Waals surface area contributed by atoms with Gasteiger partial charge in [-0.05, 0) is 30.7 Å². The zero-order valence-electron chi connectivity index (χ0n) is 14.4. The average Bonchev–Trinajstić information content (AvgIpc) is 2.56. The molecule has 0 fully saturated rings. The molecule has 0 aliphatic carbocycles. The van der Waals surface area contributed by atoms with E-state index in [4.69, 9.17) is 0 Å². The molecule has 26 heavy (non-hydrogen) atoms. The Bertz CT molecular complexity index is 803. The number of hydrogen-bond donors (Lipinski definition) is 1. The number of aryl methyl sites for hydroxylation is 1. The van der Waals surface area contributed by atoms with E-state index in [1.807, 2.05) is 19.1 Å². The molecule has 0 heterocycles. The van der Waals surface area contributed by atoms with Crippen molar-refractivity contribution in [3.8, 4) is 0 Å². The largest absolute Gasteiger partial charge is 0.418 e. The summed E-state index contributed by atoms with van der Waals surface area (Å²) in [6.45, 7) is 3.29. The van der Waals surface area contributed by atoms with Crippen molar-refractivity contribution in [1.82, 2.24) is 0 Å². The van der Waals surface area contributed by atoms with Crippen molar-refractivity contribution in [2.75, 3.05) is 16.8 Å². The van der Waals surface area contributed by atoms with E-state index < -0.39 is 17.6 Å². The van der Waals surface area contributed by atoms with Gasteiger partial charge in [0.15, 0.2) is 0 Å². The van der Waals surface area contributed by atoms with Crippen LogP contribution in [0.5, 0.6) is 0 Å². The van der Waals surface area contributed by atoms with Crippen LogP contribution in [0.25, 0.3) is 0 Å². The van der Waals surface area contributed by atoms with Crippen molar-refractivity contribution in [2.45, 2.75) is 26.4 Å². The lowest BCUT2D eigenvalue weighted by atomic mass is 10.1. The molecule has 0 aliphatic rings. The summed E-state index contributed by atoms with van der Waals surface area (Å²) in [6.07, 6.45) is -4.68. The quantitative estimate of drug-likeness (QED) is 0.855. The smallest absolute Gasteiger partial charge is 0.325 e. The second-order valence-electron chi connectivity index (χ2n) is 5.80. The normalized spacial score (nSPS) is 11.1. The number of carbonyl (C=O) groups excluding carboxylic acids is 2. The van der Waals surface area contributed by atoms with Crippen molar-refractivity contribution < 1.29 is 22.8 Å². The van der Waals surface area contributed by atoms with Crippen molar-refractivity contribution in [2.24, 2.45) is 0 Å². The van der Waals surface area contributed by atoms with Gasteiger partial charge in [0.05, 0.1) is 11.3 Å². The highest BCUT2D eigenvalue weighted by Gasteiger charge is 2.33. The summed E-state index contributed by atoms with van der Waals surface area (Å²) in [5.74, 6) is -0.843. The highest BCUT2D eigenvalue weighted by atomic mass is 19.4. The minimum Gasteiger partial charge on any atom is -0.325 e. The summed E-state index contributed by atoms with van der Waals surface area (Å²) in [5.41, 5.74) is 0.333. The summed E-state index contributed by atoms with van der Waals surface area (Å²) < 4.78 is 38.9. The van der Waals surface area contributed by atoms with E-state index >= 15 is 0 Å². The Kier molecular flexibility index (Phi) is 6.02. The highest BCUT2D eigenvalue weighted by molar-refractivity contribution is 5.95. The molecular weight excluding hydrogens is 345 g/mol. The van der Waals surface area contributed by atoms with Crippen molar-refractivity contribution in [1.29, 1.82) is 0 Å². The number of benzene rings is 2. The van der Waals surface area contributed by atoms with Crippen LogP contribution in [-0.2, 0) is 15.8 Å². The van der Waals surface area contributed by atoms with Crippen molar-refractivity contribution in [3.05, 3.63) is 59.7 Å². The summed E-state index contributed by atoms with van der Waals surface area (Å²) in [4.78, 5) is 25.5. The first kappa shape index (κ1) is 19.5. The van der Waals surface area contributed by atoms with Gasteiger partial charge in [-0.2, -0.15) is 13.2 Å². The maximum Gasteiger partial charge on any atom is 0.418 e. The highest BCUT2D eigenvalue weighted by Crippen LogP contribution is 2.34. The van der Waals surface area contributed by atoms with Crippen LogP contribution in [0.2, 0.25) is 0 Å². The minimum atomic E-state index is -4.56. The van der Waals surface area contributed by atoms with Gasteiger partial charge in [0, 0.05) is 25.6 Å². The van der Waals surface area contributed by atoms with E-state index in [9.17, 15) is 22.8 Å². The zero-order valence-corrected chi connectivity index (χ0v) is 14.4. The van der Waals surface area contributed by atoms with E-state index in [0.29, 0.717) is 5.69 Å². The van der Waals surface area contributed by atoms with Crippen LogP contribution in [0, 0.1) is 6.92 Å². The third-order valence-electron chi connectivity index (χ3n) is 3.86. The molecule has 2 aromatic carbocycles. The number of rotatable bonds is 5. The van der Waals surface area contributed by atoms with E-state index in [1.54, 1.807) is 12.1 Å². The van der Waals surface area contributed by atoms with Gasteiger partial charge in [0.25, 0.3) is 0 Å². The van der Waals surface area contributed by atoms with Gasteiger partial charge in [0.2, 0.25) is 11.8 Å². The Morgan fingerprint density at radius 2 is 1.65 bits per heavy atom. The Morgan fingerprint density at radius 1 is 1.04 bits per heavy atom. The number of alkyl halides is 3. The Morgan fingerprint density at radius 3 is 2.27 bits per heavy atom. The van der Waals surface area contributed by atoms with Gasteiger partial charge in [-0.15, -0.1) is 0 Å². The fraction of sp³-hybridized carbons (Fsp3) is 0.263. The van der Waals surface area contributed by atoms with Crippen LogP contribution in [0.1, 0.15) is 24.5 Å². The lowest BCUT2D eigenvalue weighted by Gasteiger charge is -2.23. The zero-order chi connectivity index (χ0) is 19.3. The first-order valence-corrected chi connectivity index (χ1v) is 8.00. The van der Waals surface area contributed by atoms with E-state index in [2.05, 4.69) is 5.32 Å². The van der Waals surface area contributed by atoms with E-state index in [0.717, 1.165) is 11.6 Å². The van der Waals surface area contributed by atoms with Crippen LogP contribution < -0.4 is 10.2 Å². The molecule has 0 bridgehead atoms. The van der Waals surface area contributed by atoms with Crippen LogP contribution in [0.15, 0.2) is 48.5 Å². The van der Waals surface area contributed by atoms with Crippen LogP contribution in [0.4, 0.5) is 24.5 Å². The fourth-order valence-corrected chi connectivity index (χ4v) is 2.58.